The maximum Gasteiger partial charge on any atom is 0.337 e. The summed E-state index contributed by atoms with van der Waals surface area (Å²) >= 11 is 0. The number of nitrogens with zero attached hydrogens (tertiary/aromatic N) is 1. The van der Waals surface area contributed by atoms with Gasteiger partial charge in [0, 0.05) is 11.1 Å². The van der Waals surface area contributed by atoms with Crippen molar-refractivity contribution in [3.63, 3.8) is 0 Å². The van der Waals surface area contributed by atoms with Crippen LogP contribution in [0.1, 0.15) is 53.7 Å². The van der Waals surface area contributed by atoms with Crippen LogP contribution in [-0.2, 0) is 16.6 Å². The molecule has 1 aromatic heterocycles. The van der Waals surface area contributed by atoms with Crippen molar-refractivity contribution in [2.45, 2.75) is 45.4 Å². The van der Waals surface area contributed by atoms with Gasteiger partial charge in [0.2, 0.25) is 0 Å². The number of hydrogen-bond donors (Lipinski definition) is 1. The van der Waals surface area contributed by atoms with Crippen molar-refractivity contribution >= 4 is 5.97 Å². The Hall–Kier alpha value is -2.88. The van der Waals surface area contributed by atoms with E-state index < -0.39 is 0 Å². The smallest absolute Gasteiger partial charge is 0.337 e. The fourth-order valence-corrected chi connectivity index (χ4v) is 4.25. The number of hydrogen-bond acceptors (Lipinski definition) is 3. The fraction of sp³-hybridized carbons (Fsp3) is 0.333. The molecular formula is C24H26N2O2. The quantitative estimate of drug-likeness (QED) is 0.620. The number of carbonyl (C=O) groups is 1. The van der Waals surface area contributed by atoms with Gasteiger partial charge in [-0.3, -0.25) is 5.10 Å². The zero-order chi connectivity index (χ0) is 19.9. The average Bonchev–Trinajstić information content (AvgIpc) is 3.16. The summed E-state index contributed by atoms with van der Waals surface area (Å²) in [7, 11) is 1.39. The lowest BCUT2D eigenvalue weighted by Gasteiger charge is -2.33. The van der Waals surface area contributed by atoms with E-state index in [1.165, 1.54) is 48.6 Å². The number of carbonyl (C=O) groups excluding carboxylic acids is 1. The number of H-pyrrole nitrogens is 1. The summed E-state index contributed by atoms with van der Waals surface area (Å²) in [5.41, 5.74) is 9.01. The number of aromatic amines is 1. The van der Waals surface area contributed by atoms with Gasteiger partial charge in [-0.1, -0.05) is 32.0 Å². The second-order valence-electron chi connectivity index (χ2n) is 8.30. The van der Waals surface area contributed by atoms with E-state index >= 15 is 0 Å². The van der Waals surface area contributed by atoms with Crippen molar-refractivity contribution in [2.24, 2.45) is 0 Å². The van der Waals surface area contributed by atoms with E-state index in [4.69, 9.17) is 4.74 Å². The molecule has 4 rings (SSSR count). The molecule has 3 aromatic rings. The molecule has 0 spiro atoms. The van der Waals surface area contributed by atoms with Crippen LogP contribution < -0.4 is 0 Å². The van der Waals surface area contributed by atoms with Crippen molar-refractivity contribution in [3.05, 3.63) is 64.7 Å². The molecule has 0 unspecified atom stereocenters. The first kappa shape index (κ1) is 18.5. The SMILES string of the molecule is COC(=O)c1ccc(-c2cc(-c3cc4c(cc3C)CCCC4(C)C)[nH]n2)cc1. The lowest BCUT2D eigenvalue weighted by atomic mass is 9.71. The van der Waals surface area contributed by atoms with Gasteiger partial charge in [-0.15, -0.1) is 0 Å². The summed E-state index contributed by atoms with van der Waals surface area (Å²) in [5.74, 6) is -0.332. The monoisotopic (exact) mass is 374 g/mol. The highest BCUT2D eigenvalue weighted by molar-refractivity contribution is 5.90. The highest BCUT2D eigenvalue weighted by Gasteiger charge is 2.28. The van der Waals surface area contributed by atoms with E-state index in [1.807, 2.05) is 12.1 Å². The highest BCUT2D eigenvalue weighted by atomic mass is 16.5. The van der Waals surface area contributed by atoms with E-state index in [1.54, 1.807) is 12.1 Å². The van der Waals surface area contributed by atoms with Gasteiger partial charge >= 0.3 is 5.97 Å². The molecule has 4 nitrogen and oxygen atoms in total. The number of benzene rings is 2. The lowest BCUT2D eigenvalue weighted by molar-refractivity contribution is 0.0601. The van der Waals surface area contributed by atoms with E-state index in [2.05, 4.69) is 49.2 Å². The maximum absolute atomic E-state index is 11.6. The van der Waals surface area contributed by atoms with Gasteiger partial charge in [0.1, 0.15) is 0 Å². The largest absolute Gasteiger partial charge is 0.465 e. The van der Waals surface area contributed by atoms with Crippen molar-refractivity contribution < 1.29 is 9.53 Å². The Labute approximate surface area is 165 Å². The Morgan fingerprint density at radius 2 is 1.89 bits per heavy atom. The summed E-state index contributed by atoms with van der Waals surface area (Å²) in [4.78, 5) is 11.6. The molecule has 0 saturated carbocycles. The Kier molecular flexibility index (Phi) is 4.58. The fourth-order valence-electron chi connectivity index (χ4n) is 4.25. The minimum Gasteiger partial charge on any atom is -0.465 e. The van der Waals surface area contributed by atoms with Gasteiger partial charge < -0.3 is 4.74 Å². The average molecular weight is 374 g/mol. The van der Waals surface area contributed by atoms with Crippen LogP contribution >= 0.6 is 0 Å². The van der Waals surface area contributed by atoms with Gasteiger partial charge in [-0.2, -0.15) is 5.10 Å². The number of nitrogens with one attached hydrogen (secondary N) is 1. The van der Waals surface area contributed by atoms with Crippen LogP contribution in [0.3, 0.4) is 0 Å². The van der Waals surface area contributed by atoms with Crippen LogP contribution in [0, 0.1) is 6.92 Å². The Bertz CT molecular complexity index is 1030. The number of aryl methyl sites for hydroxylation is 2. The molecule has 28 heavy (non-hydrogen) atoms. The topological polar surface area (TPSA) is 55.0 Å². The summed E-state index contributed by atoms with van der Waals surface area (Å²) in [6.45, 7) is 6.85. The van der Waals surface area contributed by atoms with Crippen LogP contribution in [0.15, 0.2) is 42.5 Å². The summed E-state index contributed by atoms with van der Waals surface area (Å²) < 4.78 is 4.76. The maximum atomic E-state index is 11.6. The minimum absolute atomic E-state index is 0.211. The molecule has 0 atom stereocenters. The lowest BCUT2D eigenvalue weighted by Crippen LogP contribution is -2.24. The molecule has 0 bridgehead atoms. The molecular weight excluding hydrogens is 348 g/mol. The molecule has 0 radical (unpaired) electrons. The molecule has 0 aliphatic heterocycles. The van der Waals surface area contributed by atoms with E-state index in [-0.39, 0.29) is 11.4 Å². The number of esters is 1. The molecule has 0 fully saturated rings. The third kappa shape index (κ3) is 3.24. The summed E-state index contributed by atoms with van der Waals surface area (Å²) in [6, 6.07) is 14.1. The molecule has 1 aliphatic rings. The van der Waals surface area contributed by atoms with Crippen LogP contribution in [0.2, 0.25) is 0 Å². The van der Waals surface area contributed by atoms with Gasteiger partial charge in [0.25, 0.3) is 0 Å². The van der Waals surface area contributed by atoms with Crippen molar-refractivity contribution in [2.75, 3.05) is 7.11 Å². The standard InChI is InChI=1S/C24H26N2O2/c1-15-12-18-6-5-11-24(2,3)20(18)13-19(15)22-14-21(25-26-22)16-7-9-17(10-8-16)23(27)28-4/h7-10,12-14H,5-6,11H2,1-4H3,(H,25,26). The first-order valence-corrected chi connectivity index (χ1v) is 9.77. The molecule has 0 amide bonds. The predicted molar refractivity (Wildman–Crippen MR) is 112 cm³/mol. The Morgan fingerprint density at radius 1 is 1.14 bits per heavy atom. The molecule has 0 saturated heterocycles. The molecule has 1 N–H and O–H groups in total. The Balaban J connectivity index is 1.69. The van der Waals surface area contributed by atoms with Crippen molar-refractivity contribution in [1.82, 2.24) is 10.2 Å². The number of methoxy groups -OCH3 is 1. The van der Waals surface area contributed by atoms with Gasteiger partial charge in [-0.05, 0) is 72.6 Å². The third-order valence-electron chi connectivity index (χ3n) is 5.90. The second kappa shape index (κ2) is 6.93. The molecule has 144 valence electrons. The van der Waals surface area contributed by atoms with Gasteiger partial charge in [0.05, 0.1) is 24.1 Å². The number of aromatic nitrogens is 2. The van der Waals surface area contributed by atoms with Gasteiger partial charge in [0.15, 0.2) is 0 Å². The van der Waals surface area contributed by atoms with Crippen molar-refractivity contribution in [3.8, 4) is 22.5 Å². The van der Waals surface area contributed by atoms with Gasteiger partial charge in [-0.25, -0.2) is 4.79 Å². The number of fused-ring (bicyclic) bond motifs is 1. The first-order valence-electron chi connectivity index (χ1n) is 9.77. The molecule has 4 heteroatoms. The van der Waals surface area contributed by atoms with E-state index in [0.29, 0.717) is 5.56 Å². The van der Waals surface area contributed by atoms with Crippen LogP contribution in [-0.4, -0.2) is 23.3 Å². The number of ether oxygens (including phenoxy) is 1. The second-order valence-corrected chi connectivity index (χ2v) is 8.30. The summed E-state index contributed by atoms with van der Waals surface area (Å²) in [6.07, 6.45) is 3.65. The minimum atomic E-state index is -0.332. The highest BCUT2D eigenvalue weighted by Crippen LogP contribution is 2.40. The van der Waals surface area contributed by atoms with E-state index in [0.717, 1.165) is 17.0 Å². The predicted octanol–water partition coefficient (Wildman–Crippen LogP) is 5.45. The van der Waals surface area contributed by atoms with Crippen LogP contribution in [0.25, 0.3) is 22.5 Å². The normalized spacial score (nSPS) is 15.1. The van der Waals surface area contributed by atoms with Crippen LogP contribution in [0.5, 0.6) is 0 Å². The molecule has 2 aromatic carbocycles. The van der Waals surface area contributed by atoms with Crippen molar-refractivity contribution in [1.29, 1.82) is 0 Å². The third-order valence-corrected chi connectivity index (χ3v) is 5.90. The summed E-state index contributed by atoms with van der Waals surface area (Å²) in [5, 5.41) is 7.71. The molecule has 1 heterocycles. The molecule has 1 aliphatic carbocycles. The first-order chi connectivity index (χ1) is 13.4. The van der Waals surface area contributed by atoms with Crippen LogP contribution in [0.4, 0.5) is 0 Å². The Morgan fingerprint density at radius 3 is 2.61 bits per heavy atom. The van der Waals surface area contributed by atoms with E-state index in [9.17, 15) is 4.79 Å². The zero-order valence-corrected chi connectivity index (χ0v) is 16.9. The zero-order valence-electron chi connectivity index (χ0n) is 16.9. The number of rotatable bonds is 3.